The van der Waals surface area contributed by atoms with Crippen molar-refractivity contribution < 1.29 is 0 Å². The topological polar surface area (TPSA) is 0 Å². The third-order valence-electron chi connectivity index (χ3n) is 5.24. The predicted octanol–water partition coefficient (Wildman–Crippen LogP) is 8.07. The summed E-state index contributed by atoms with van der Waals surface area (Å²) in [6.07, 6.45) is 27.0. The number of alkyl halides is 1. The first-order valence-electron chi connectivity index (χ1n) is 9.99. The summed E-state index contributed by atoms with van der Waals surface area (Å²) in [5.41, 5.74) is 0. The molecular formula is C20H39I. The highest BCUT2D eigenvalue weighted by Gasteiger charge is 2.07. The van der Waals surface area contributed by atoms with Gasteiger partial charge >= 0.3 is 0 Å². The first-order chi connectivity index (χ1) is 10.4. The molecule has 0 unspecified atom stereocenters. The van der Waals surface area contributed by atoms with Crippen molar-refractivity contribution in [1.82, 2.24) is 0 Å². The summed E-state index contributed by atoms with van der Waals surface area (Å²) >= 11 is 2.57. The van der Waals surface area contributed by atoms with Crippen molar-refractivity contribution in [1.29, 1.82) is 0 Å². The van der Waals surface area contributed by atoms with Crippen molar-refractivity contribution >= 4 is 22.6 Å². The van der Waals surface area contributed by atoms with Gasteiger partial charge in [0.25, 0.3) is 0 Å². The normalized spacial score (nSPS) is 23.3. The summed E-state index contributed by atoms with van der Waals surface area (Å²) in [7, 11) is 0. The fourth-order valence-electron chi connectivity index (χ4n) is 3.75. The molecule has 0 aromatic heterocycles. The zero-order valence-electron chi connectivity index (χ0n) is 14.4. The van der Waals surface area contributed by atoms with Crippen LogP contribution in [0.1, 0.15) is 116 Å². The van der Waals surface area contributed by atoms with Gasteiger partial charge in [0.2, 0.25) is 0 Å². The molecule has 1 saturated carbocycles. The van der Waals surface area contributed by atoms with Crippen LogP contribution in [0.4, 0.5) is 0 Å². The minimum atomic E-state index is 1.04. The number of rotatable bonds is 2. The van der Waals surface area contributed by atoms with E-state index in [9.17, 15) is 0 Å². The third-order valence-corrected chi connectivity index (χ3v) is 5.86. The van der Waals surface area contributed by atoms with Crippen molar-refractivity contribution in [2.75, 3.05) is 4.43 Å². The van der Waals surface area contributed by atoms with Gasteiger partial charge in [-0.25, -0.2) is 0 Å². The Balaban J connectivity index is 2.18. The van der Waals surface area contributed by atoms with Crippen LogP contribution in [0.5, 0.6) is 0 Å². The molecule has 1 aliphatic carbocycles. The van der Waals surface area contributed by atoms with E-state index in [0.29, 0.717) is 0 Å². The third kappa shape index (κ3) is 12.9. The van der Waals surface area contributed by atoms with E-state index in [1.54, 1.807) is 0 Å². The quantitative estimate of drug-likeness (QED) is 0.321. The van der Waals surface area contributed by atoms with Gasteiger partial charge < -0.3 is 0 Å². The zero-order valence-corrected chi connectivity index (χ0v) is 16.5. The molecule has 21 heavy (non-hydrogen) atoms. The standard InChI is InChI=1S/C20H39I/c21-19-18-20-16-14-12-10-8-6-4-2-1-3-5-7-9-11-13-15-17-20/h20H,1-19H2. The van der Waals surface area contributed by atoms with E-state index in [1.807, 2.05) is 0 Å². The molecule has 0 bridgehead atoms. The second-order valence-corrected chi connectivity index (χ2v) is 8.30. The number of hydrogen-bond donors (Lipinski definition) is 0. The zero-order chi connectivity index (χ0) is 15.0. The maximum absolute atomic E-state index is 2.57. The summed E-state index contributed by atoms with van der Waals surface area (Å²) in [6, 6.07) is 0. The maximum atomic E-state index is 2.57. The van der Waals surface area contributed by atoms with Crippen LogP contribution in [0.2, 0.25) is 0 Å². The van der Waals surface area contributed by atoms with Gasteiger partial charge in [0, 0.05) is 0 Å². The fraction of sp³-hybridized carbons (Fsp3) is 1.00. The van der Waals surface area contributed by atoms with Crippen molar-refractivity contribution in [3.05, 3.63) is 0 Å². The Morgan fingerprint density at radius 2 is 0.762 bits per heavy atom. The maximum Gasteiger partial charge on any atom is -0.000209 e. The molecule has 126 valence electrons. The van der Waals surface area contributed by atoms with Crippen molar-refractivity contribution in [2.45, 2.75) is 116 Å². The van der Waals surface area contributed by atoms with Crippen LogP contribution in [0.15, 0.2) is 0 Å². The van der Waals surface area contributed by atoms with Crippen LogP contribution < -0.4 is 0 Å². The van der Waals surface area contributed by atoms with Crippen molar-refractivity contribution in [3.8, 4) is 0 Å². The van der Waals surface area contributed by atoms with Crippen molar-refractivity contribution in [2.24, 2.45) is 5.92 Å². The molecule has 1 rings (SSSR count). The lowest BCUT2D eigenvalue weighted by Crippen LogP contribution is -2.02. The largest absolute Gasteiger partial charge is 0.0864 e. The molecule has 0 nitrogen and oxygen atoms in total. The summed E-state index contributed by atoms with van der Waals surface area (Å²) in [6.45, 7) is 0. The van der Waals surface area contributed by atoms with Gasteiger partial charge in [0.1, 0.15) is 0 Å². The van der Waals surface area contributed by atoms with Gasteiger partial charge in [-0.05, 0) is 16.8 Å². The van der Waals surface area contributed by atoms with E-state index < -0.39 is 0 Å². The predicted molar refractivity (Wildman–Crippen MR) is 105 cm³/mol. The number of hydrogen-bond acceptors (Lipinski definition) is 0. The highest BCUT2D eigenvalue weighted by Crippen LogP contribution is 2.23. The van der Waals surface area contributed by atoms with Crippen LogP contribution in [0, 0.1) is 5.92 Å². The van der Waals surface area contributed by atoms with Gasteiger partial charge in [0.05, 0.1) is 0 Å². The van der Waals surface area contributed by atoms with Crippen LogP contribution >= 0.6 is 22.6 Å². The SMILES string of the molecule is ICCC1CCCCCCCCCCCCCCCCC1. The van der Waals surface area contributed by atoms with E-state index >= 15 is 0 Å². The Morgan fingerprint density at radius 1 is 0.476 bits per heavy atom. The first kappa shape index (κ1) is 19.8. The smallest absolute Gasteiger partial charge is 0.000209 e. The Morgan fingerprint density at radius 3 is 1.05 bits per heavy atom. The summed E-state index contributed by atoms with van der Waals surface area (Å²) in [5.74, 6) is 1.04. The minimum Gasteiger partial charge on any atom is -0.0864 e. The van der Waals surface area contributed by atoms with Gasteiger partial charge in [-0.1, -0.05) is 132 Å². The molecule has 0 saturated heterocycles. The molecule has 0 N–H and O–H groups in total. The van der Waals surface area contributed by atoms with Gasteiger partial charge in [-0.15, -0.1) is 0 Å². The molecule has 1 heteroatoms. The molecule has 1 fully saturated rings. The molecule has 1 aliphatic rings. The Bertz CT molecular complexity index is 184. The lowest BCUT2D eigenvalue weighted by atomic mass is 9.92. The summed E-state index contributed by atoms with van der Waals surface area (Å²) in [4.78, 5) is 0. The van der Waals surface area contributed by atoms with Gasteiger partial charge in [0.15, 0.2) is 0 Å². The van der Waals surface area contributed by atoms with Crippen molar-refractivity contribution in [3.63, 3.8) is 0 Å². The second-order valence-electron chi connectivity index (χ2n) is 7.22. The fourth-order valence-corrected chi connectivity index (χ4v) is 4.63. The van der Waals surface area contributed by atoms with Gasteiger partial charge in [-0.3, -0.25) is 0 Å². The van der Waals surface area contributed by atoms with Crippen LogP contribution in [0.3, 0.4) is 0 Å². The Kier molecular flexibility index (Phi) is 14.7. The second kappa shape index (κ2) is 15.6. The average molecular weight is 406 g/mol. The monoisotopic (exact) mass is 406 g/mol. The lowest BCUT2D eigenvalue weighted by Gasteiger charge is -2.15. The first-order valence-corrected chi connectivity index (χ1v) is 11.5. The highest BCUT2D eigenvalue weighted by atomic mass is 127. The molecule has 0 aromatic rings. The number of halogens is 1. The molecule has 0 spiro atoms. The molecule has 0 aromatic carbocycles. The van der Waals surface area contributed by atoms with Crippen LogP contribution in [-0.2, 0) is 0 Å². The molecular weight excluding hydrogens is 367 g/mol. The molecule has 0 atom stereocenters. The highest BCUT2D eigenvalue weighted by molar-refractivity contribution is 14.1. The Labute approximate surface area is 148 Å². The summed E-state index contributed by atoms with van der Waals surface area (Å²) in [5, 5.41) is 0. The Hall–Kier alpha value is 0.730. The van der Waals surface area contributed by atoms with E-state index in [1.165, 1.54) is 120 Å². The van der Waals surface area contributed by atoms with Crippen LogP contribution in [-0.4, -0.2) is 4.43 Å². The van der Waals surface area contributed by atoms with E-state index in [4.69, 9.17) is 0 Å². The van der Waals surface area contributed by atoms with E-state index in [-0.39, 0.29) is 0 Å². The van der Waals surface area contributed by atoms with Gasteiger partial charge in [-0.2, -0.15) is 0 Å². The molecule has 0 heterocycles. The van der Waals surface area contributed by atoms with Crippen LogP contribution in [0.25, 0.3) is 0 Å². The van der Waals surface area contributed by atoms with E-state index in [0.717, 1.165) is 5.92 Å². The molecule has 0 amide bonds. The minimum absolute atomic E-state index is 1.04. The molecule has 0 aliphatic heterocycles. The molecule has 0 radical (unpaired) electrons. The average Bonchev–Trinajstić information content (AvgIpc) is 2.49. The lowest BCUT2D eigenvalue weighted by molar-refractivity contribution is 0.394. The van der Waals surface area contributed by atoms with E-state index in [2.05, 4.69) is 22.6 Å². The summed E-state index contributed by atoms with van der Waals surface area (Å²) < 4.78 is 1.36.